The standard InChI is InChI=1S/C11H15N3O4/c1-7(15)5-12-11(16)10-4-9(14(17)18)6-13(10)8-2-3-8/h4,6-8,15H,2-3,5H2,1H3,(H,12,16)/t7-/m0/s1. The molecule has 0 unspecified atom stereocenters. The molecule has 0 aliphatic heterocycles. The highest BCUT2D eigenvalue weighted by Crippen LogP contribution is 2.37. The molecule has 1 aromatic heterocycles. The van der Waals surface area contributed by atoms with Crippen LogP contribution in [-0.4, -0.2) is 33.2 Å². The van der Waals surface area contributed by atoms with Crippen LogP contribution < -0.4 is 5.32 Å². The fourth-order valence-electron chi connectivity index (χ4n) is 1.73. The molecular weight excluding hydrogens is 238 g/mol. The molecule has 2 N–H and O–H groups in total. The SMILES string of the molecule is C[C@H](O)CNC(=O)c1cc([N+](=O)[O-])cn1C1CC1. The molecule has 0 spiro atoms. The molecule has 1 heterocycles. The Morgan fingerprint density at radius 1 is 1.72 bits per heavy atom. The van der Waals surface area contributed by atoms with Gasteiger partial charge in [-0.3, -0.25) is 14.9 Å². The van der Waals surface area contributed by atoms with Gasteiger partial charge in [-0.05, 0) is 19.8 Å². The highest BCUT2D eigenvalue weighted by Gasteiger charge is 2.30. The van der Waals surface area contributed by atoms with Gasteiger partial charge in [-0.15, -0.1) is 0 Å². The van der Waals surface area contributed by atoms with Gasteiger partial charge in [0.15, 0.2) is 0 Å². The van der Waals surface area contributed by atoms with Crippen LogP contribution >= 0.6 is 0 Å². The van der Waals surface area contributed by atoms with E-state index in [1.807, 2.05) is 0 Å². The van der Waals surface area contributed by atoms with Gasteiger partial charge in [0.1, 0.15) is 5.69 Å². The first-order valence-electron chi connectivity index (χ1n) is 5.81. The number of amides is 1. The number of aliphatic hydroxyl groups is 1. The third-order valence-corrected chi connectivity index (χ3v) is 2.78. The molecule has 18 heavy (non-hydrogen) atoms. The van der Waals surface area contributed by atoms with E-state index < -0.39 is 16.9 Å². The van der Waals surface area contributed by atoms with Crippen LogP contribution in [0.1, 0.15) is 36.3 Å². The fourth-order valence-corrected chi connectivity index (χ4v) is 1.73. The Kier molecular flexibility index (Phi) is 3.33. The van der Waals surface area contributed by atoms with Crippen LogP contribution in [0.15, 0.2) is 12.3 Å². The Labute approximate surface area is 104 Å². The summed E-state index contributed by atoms with van der Waals surface area (Å²) in [4.78, 5) is 22.1. The average molecular weight is 253 g/mol. The molecule has 0 radical (unpaired) electrons. The molecule has 1 saturated carbocycles. The summed E-state index contributed by atoms with van der Waals surface area (Å²) in [7, 11) is 0. The Hall–Kier alpha value is -1.89. The number of aromatic nitrogens is 1. The van der Waals surface area contributed by atoms with E-state index in [0.29, 0.717) is 0 Å². The summed E-state index contributed by atoms with van der Waals surface area (Å²) in [6.07, 6.45) is 2.62. The highest BCUT2D eigenvalue weighted by molar-refractivity contribution is 5.93. The van der Waals surface area contributed by atoms with E-state index in [4.69, 9.17) is 5.11 Å². The Morgan fingerprint density at radius 2 is 2.39 bits per heavy atom. The number of nitrogens with one attached hydrogen (secondary N) is 1. The molecule has 7 heteroatoms. The first kappa shape index (κ1) is 12.6. The molecule has 1 aliphatic carbocycles. The van der Waals surface area contributed by atoms with Crippen molar-refractivity contribution in [3.05, 3.63) is 28.1 Å². The van der Waals surface area contributed by atoms with Gasteiger partial charge in [0, 0.05) is 18.7 Å². The van der Waals surface area contributed by atoms with Crippen LogP contribution in [0.3, 0.4) is 0 Å². The third-order valence-electron chi connectivity index (χ3n) is 2.78. The minimum Gasteiger partial charge on any atom is -0.392 e. The molecule has 0 bridgehead atoms. The van der Waals surface area contributed by atoms with Crippen molar-refractivity contribution in [3.8, 4) is 0 Å². The van der Waals surface area contributed by atoms with Crippen molar-refractivity contribution in [1.29, 1.82) is 0 Å². The normalized spacial score (nSPS) is 16.3. The largest absolute Gasteiger partial charge is 0.392 e. The van der Waals surface area contributed by atoms with Crippen molar-refractivity contribution in [1.82, 2.24) is 9.88 Å². The van der Waals surface area contributed by atoms with Crippen molar-refractivity contribution in [2.24, 2.45) is 0 Å². The molecular formula is C11H15N3O4. The number of carbonyl (C=O) groups excluding carboxylic acids is 1. The van der Waals surface area contributed by atoms with Gasteiger partial charge in [-0.1, -0.05) is 0 Å². The van der Waals surface area contributed by atoms with Crippen LogP contribution in [0.25, 0.3) is 0 Å². The van der Waals surface area contributed by atoms with E-state index >= 15 is 0 Å². The monoisotopic (exact) mass is 253 g/mol. The smallest absolute Gasteiger partial charge is 0.287 e. The summed E-state index contributed by atoms with van der Waals surface area (Å²) in [6, 6.07) is 1.46. The highest BCUT2D eigenvalue weighted by atomic mass is 16.6. The van der Waals surface area contributed by atoms with Gasteiger partial charge in [0.05, 0.1) is 17.2 Å². The minimum atomic E-state index is -0.645. The van der Waals surface area contributed by atoms with Crippen LogP contribution in [0, 0.1) is 10.1 Å². The van der Waals surface area contributed by atoms with Crippen LogP contribution in [0.2, 0.25) is 0 Å². The lowest BCUT2D eigenvalue weighted by molar-refractivity contribution is -0.384. The minimum absolute atomic E-state index is 0.0795. The summed E-state index contributed by atoms with van der Waals surface area (Å²) in [6.45, 7) is 1.69. The molecule has 0 aromatic carbocycles. The Bertz CT molecular complexity index is 477. The Morgan fingerprint density at radius 3 is 2.89 bits per heavy atom. The predicted octanol–water partition coefficient (Wildman–Crippen LogP) is 0.842. The molecule has 7 nitrogen and oxygen atoms in total. The summed E-state index contributed by atoms with van der Waals surface area (Å²) in [5.74, 6) is -0.393. The number of hydrogen-bond donors (Lipinski definition) is 2. The summed E-state index contributed by atoms with van der Waals surface area (Å²) < 4.78 is 1.65. The number of rotatable bonds is 5. The molecule has 0 saturated heterocycles. The molecule has 1 aliphatic rings. The zero-order valence-corrected chi connectivity index (χ0v) is 10.00. The number of nitrogens with zero attached hydrogens (tertiary/aromatic N) is 2. The summed E-state index contributed by atoms with van der Waals surface area (Å²) in [5, 5.41) is 22.4. The van der Waals surface area contributed by atoms with E-state index in [0.717, 1.165) is 12.8 Å². The number of aliphatic hydroxyl groups excluding tert-OH is 1. The van der Waals surface area contributed by atoms with Crippen molar-refractivity contribution in [2.75, 3.05) is 6.54 Å². The molecule has 1 atom stereocenters. The zero-order valence-electron chi connectivity index (χ0n) is 10.00. The fraction of sp³-hybridized carbons (Fsp3) is 0.545. The third kappa shape index (κ3) is 2.67. The predicted molar refractivity (Wildman–Crippen MR) is 63.4 cm³/mol. The zero-order chi connectivity index (χ0) is 13.3. The van der Waals surface area contributed by atoms with Gasteiger partial charge < -0.3 is 15.0 Å². The van der Waals surface area contributed by atoms with Crippen molar-refractivity contribution >= 4 is 11.6 Å². The van der Waals surface area contributed by atoms with E-state index in [1.165, 1.54) is 12.3 Å². The van der Waals surface area contributed by atoms with Crippen LogP contribution in [-0.2, 0) is 0 Å². The molecule has 98 valence electrons. The van der Waals surface area contributed by atoms with E-state index in [1.54, 1.807) is 11.5 Å². The lowest BCUT2D eigenvalue weighted by Crippen LogP contribution is -2.31. The van der Waals surface area contributed by atoms with Gasteiger partial charge in [0.2, 0.25) is 0 Å². The van der Waals surface area contributed by atoms with E-state index in [-0.39, 0.29) is 24.0 Å². The van der Waals surface area contributed by atoms with E-state index in [9.17, 15) is 14.9 Å². The molecule has 1 fully saturated rings. The second kappa shape index (κ2) is 4.77. The quantitative estimate of drug-likeness (QED) is 0.600. The van der Waals surface area contributed by atoms with Crippen molar-refractivity contribution < 1.29 is 14.8 Å². The number of carbonyl (C=O) groups is 1. The van der Waals surface area contributed by atoms with Crippen molar-refractivity contribution in [2.45, 2.75) is 31.9 Å². The maximum Gasteiger partial charge on any atom is 0.287 e. The first-order chi connectivity index (χ1) is 8.49. The van der Waals surface area contributed by atoms with Crippen LogP contribution in [0.4, 0.5) is 5.69 Å². The van der Waals surface area contributed by atoms with Crippen LogP contribution in [0.5, 0.6) is 0 Å². The Balaban J connectivity index is 2.19. The average Bonchev–Trinajstić information content (AvgIpc) is 3.04. The lowest BCUT2D eigenvalue weighted by atomic mass is 10.3. The van der Waals surface area contributed by atoms with Crippen molar-refractivity contribution in [3.63, 3.8) is 0 Å². The maximum absolute atomic E-state index is 11.9. The second-order valence-electron chi connectivity index (χ2n) is 4.54. The molecule has 1 amide bonds. The second-order valence-corrected chi connectivity index (χ2v) is 4.54. The van der Waals surface area contributed by atoms with Gasteiger partial charge in [0.25, 0.3) is 11.6 Å². The summed E-state index contributed by atoms with van der Waals surface area (Å²) in [5.41, 5.74) is 0.203. The van der Waals surface area contributed by atoms with Gasteiger partial charge in [-0.25, -0.2) is 0 Å². The topological polar surface area (TPSA) is 97.4 Å². The molecule has 1 aromatic rings. The van der Waals surface area contributed by atoms with Gasteiger partial charge >= 0.3 is 0 Å². The van der Waals surface area contributed by atoms with Gasteiger partial charge in [-0.2, -0.15) is 0 Å². The lowest BCUT2D eigenvalue weighted by Gasteiger charge is -2.09. The number of nitro groups is 1. The maximum atomic E-state index is 11.9. The first-order valence-corrected chi connectivity index (χ1v) is 5.81. The molecule has 2 rings (SSSR count). The van der Waals surface area contributed by atoms with E-state index in [2.05, 4.69) is 5.32 Å². The number of hydrogen-bond acceptors (Lipinski definition) is 4. The summed E-state index contributed by atoms with van der Waals surface area (Å²) >= 11 is 0.